The number of carbonyl (C=O) groups is 1. The highest BCUT2D eigenvalue weighted by molar-refractivity contribution is 14.1. The molecule has 0 aliphatic heterocycles. The lowest BCUT2D eigenvalue weighted by atomic mass is 10.1. The molecule has 0 unspecified atom stereocenters. The van der Waals surface area contributed by atoms with Crippen LogP contribution in [-0.4, -0.2) is 12.5 Å². The smallest absolute Gasteiger partial charge is 0.220 e. The predicted molar refractivity (Wildman–Crippen MR) is 144 cm³/mol. The maximum Gasteiger partial charge on any atom is 0.220 e. The topological polar surface area (TPSA) is 29.1 Å². The third-order valence-electron chi connectivity index (χ3n) is 4.88. The van der Waals surface area contributed by atoms with E-state index >= 15 is 0 Å². The Morgan fingerprint density at radius 3 is 1.94 bits per heavy atom. The maximum atomic E-state index is 11.9. The van der Waals surface area contributed by atoms with Gasteiger partial charge >= 0.3 is 0 Å². The van der Waals surface area contributed by atoms with Gasteiger partial charge in [0, 0.05) is 16.5 Å². The Kier molecular flexibility index (Phi) is 17.9. The van der Waals surface area contributed by atoms with Crippen LogP contribution in [0.3, 0.4) is 0 Å². The summed E-state index contributed by atoms with van der Waals surface area (Å²) < 4.78 is 1.24. The summed E-state index contributed by atoms with van der Waals surface area (Å²) in [6.07, 6.45) is 29.4. The molecule has 0 aliphatic rings. The van der Waals surface area contributed by atoms with E-state index in [1.165, 1.54) is 34.8 Å². The second kappa shape index (κ2) is 20.3. The first-order valence-electron chi connectivity index (χ1n) is 11.8. The van der Waals surface area contributed by atoms with Crippen molar-refractivity contribution in [3.63, 3.8) is 0 Å². The van der Waals surface area contributed by atoms with E-state index < -0.39 is 0 Å². The first-order chi connectivity index (χ1) is 15.2. The average Bonchev–Trinajstić information content (AvgIpc) is 2.77. The third-order valence-corrected chi connectivity index (χ3v) is 5.60. The molecule has 0 heterocycles. The van der Waals surface area contributed by atoms with Gasteiger partial charge in [0.2, 0.25) is 5.91 Å². The fourth-order valence-corrected chi connectivity index (χ4v) is 3.39. The van der Waals surface area contributed by atoms with E-state index in [4.69, 9.17) is 0 Å². The molecule has 0 saturated carbocycles. The lowest BCUT2D eigenvalue weighted by Gasteiger charge is -2.05. The van der Waals surface area contributed by atoms with E-state index in [1.54, 1.807) is 0 Å². The van der Waals surface area contributed by atoms with Crippen LogP contribution in [-0.2, 0) is 11.2 Å². The van der Waals surface area contributed by atoms with Gasteiger partial charge in [-0.25, -0.2) is 0 Å². The van der Waals surface area contributed by atoms with Gasteiger partial charge in [0.15, 0.2) is 0 Å². The molecule has 1 rings (SSSR count). The summed E-state index contributed by atoms with van der Waals surface area (Å²) in [4.78, 5) is 11.9. The largest absolute Gasteiger partial charge is 0.356 e. The Balaban J connectivity index is 1.94. The summed E-state index contributed by atoms with van der Waals surface area (Å²) >= 11 is 2.30. The molecule has 0 aromatic heterocycles. The van der Waals surface area contributed by atoms with Gasteiger partial charge in [0.25, 0.3) is 0 Å². The summed E-state index contributed by atoms with van der Waals surface area (Å²) in [7, 11) is 0. The van der Waals surface area contributed by atoms with Crippen LogP contribution >= 0.6 is 22.6 Å². The zero-order chi connectivity index (χ0) is 22.4. The molecular weight excluding hydrogens is 493 g/mol. The van der Waals surface area contributed by atoms with E-state index in [-0.39, 0.29) is 5.91 Å². The lowest BCUT2D eigenvalue weighted by Crippen LogP contribution is -2.25. The molecule has 0 radical (unpaired) electrons. The number of halogens is 1. The quantitative estimate of drug-likeness (QED) is 0.122. The van der Waals surface area contributed by atoms with Gasteiger partial charge in [-0.2, -0.15) is 0 Å². The first-order valence-corrected chi connectivity index (χ1v) is 12.9. The highest BCUT2D eigenvalue weighted by Gasteiger charge is 2.00. The molecule has 0 fully saturated rings. The van der Waals surface area contributed by atoms with Gasteiger partial charge in [-0.15, -0.1) is 0 Å². The SMILES string of the molecule is CCCCC/C=C\C/C=C\C/C=C\C/C=C\CCCC(=O)NCCc1ccc(I)cc1. The first kappa shape index (κ1) is 27.4. The normalized spacial score (nSPS) is 12.1. The van der Waals surface area contributed by atoms with Gasteiger partial charge in [0.1, 0.15) is 0 Å². The van der Waals surface area contributed by atoms with E-state index in [0.717, 1.165) is 38.5 Å². The van der Waals surface area contributed by atoms with Crippen molar-refractivity contribution in [2.45, 2.75) is 77.6 Å². The number of rotatable bonds is 17. The summed E-state index contributed by atoms with van der Waals surface area (Å²) in [5.41, 5.74) is 1.27. The van der Waals surface area contributed by atoms with Crippen molar-refractivity contribution in [2.24, 2.45) is 0 Å². The van der Waals surface area contributed by atoms with Crippen LogP contribution < -0.4 is 5.32 Å². The molecule has 2 nitrogen and oxygen atoms in total. The molecule has 31 heavy (non-hydrogen) atoms. The number of hydrogen-bond donors (Lipinski definition) is 1. The van der Waals surface area contributed by atoms with Crippen LogP contribution in [0.5, 0.6) is 0 Å². The second-order valence-corrected chi connectivity index (χ2v) is 8.95. The fourth-order valence-electron chi connectivity index (χ4n) is 3.03. The number of hydrogen-bond acceptors (Lipinski definition) is 1. The van der Waals surface area contributed by atoms with Gasteiger partial charge in [-0.3, -0.25) is 4.79 Å². The minimum atomic E-state index is 0.154. The zero-order valence-electron chi connectivity index (χ0n) is 19.2. The summed E-state index contributed by atoms with van der Waals surface area (Å²) in [6.45, 7) is 2.95. The molecule has 0 saturated heterocycles. The molecular formula is C28H40INO. The number of benzene rings is 1. The fraction of sp³-hybridized carbons (Fsp3) is 0.464. The van der Waals surface area contributed by atoms with Crippen LogP contribution in [0.15, 0.2) is 72.9 Å². The standard InChI is InChI=1S/C28H40INO/c1-2-3-4-5-6-7-8-9-10-11-12-13-14-15-16-17-18-19-28(31)30-25-24-26-20-22-27(29)23-21-26/h6-7,9-10,12-13,15-16,20-23H,2-5,8,11,14,17-19,24-25H2,1H3,(H,30,31)/b7-6-,10-9-,13-12-,16-15-. The highest BCUT2D eigenvalue weighted by Crippen LogP contribution is 2.07. The van der Waals surface area contributed by atoms with Crippen LogP contribution in [0.2, 0.25) is 0 Å². The molecule has 0 spiro atoms. The molecule has 0 atom stereocenters. The predicted octanol–water partition coefficient (Wildman–Crippen LogP) is 8.10. The minimum absolute atomic E-state index is 0.154. The highest BCUT2D eigenvalue weighted by atomic mass is 127. The van der Waals surface area contributed by atoms with Crippen molar-refractivity contribution in [2.75, 3.05) is 6.54 Å². The van der Waals surface area contributed by atoms with Crippen LogP contribution in [0.25, 0.3) is 0 Å². The van der Waals surface area contributed by atoms with Gasteiger partial charge < -0.3 is 5.32 Å². The van der Waals surface area contributed by atoms with Crippen molar-refractivity contribution in [1.82, 2.24) is 5.32 Å². The minimum Gasteiger partial charge on any atom is -0.356 e. The summed E-state index contributed by atoms with van der Waals surface area (Å²) in [5, 5.41) is 3.01. The van der Waals surface area contributed by atoms with E-state index in [1.807, 2.05) is 0 Å². The zero-order valence-corrected chi connectivity index (χ0v) is 21.4. The molecule has 1 N–H and O–H groups in total. The lowest BCUT2D eigenvalue weighted by molar-refractivity contribution is -0.121. The maximum absolute atomic E-state index is 11.9. The number of amides is 1. The van der Waals surface area contributed by atoms with E-state index in [0.29, 0.717) is 13.0 Å². The Bertz CT molecular complexity index is 685. The van der Waals surface area contributed by atoms with Gasteiger partial charge in [-0.1, -0.05) is 80.5 Å². The second-order valence-electron chi connectivity index (χ2n) is 7.71. The molecule has 1 amide bonds. The third kappa shape index (κ3) is 17.7. The molecule has 170 valence electrons. The molecule has 3 heteroatoms. The van der Waals surface area contributed by atoms with Crippen molar-refractivity contribution in [3.8, 4) is 0 Å². The average molecular weight is 534 g/mol. The Hall–Kier alpha value is -1.62. The van der Waals surface area contributed by atoms with Crippen molar-refractivity contribution >= 4 is 28.5 Å². The number of allylic oxidation sites excluding steroid dienone is 8. The Morgan fingerprint density at radius 2 is 1.35 bits per heavy atom. The number of nitrogens with one attached hydrogen (secondary N) is 1. The summed E-state index contributed by atoms with van der Waals surface area (Å²) in [6, 6.07) is 8.45. The van der Waals surface area contributed by atoms with Crippen molar-refractivity contribution < 1.29 is 4.79 Å². The van der Waals surface area contributed by atoms with Crippen LogP contribution in [0.1, 0.15) is 76.7 Å². The van der Waals surface area contributed by atoms with Crippen molar-refractivity contribution in [3.05, 3.63) is 82.0 Å². The Labute approximate surface area is 204 Å². The Morgan fingerprint density at radius 1 is 0.806 bits per heavy atom. The summed E-state index contributed by atoms with van der Waals surface area (Å²) in [5.74, 6) is 0.154. The van der Waals surface area contributed by atoms with Crippen molar-refractivity contribution in [1.29, 1.82) is 0 Å². The monoisotopic (exact) mass is 533 g/mol. The number of carbonyl (C=O) groups excluding carboxylic acids is 1. The molecule has 0 bridgehead atoms. The number of unbranched alkanes of at least 4 members (excludes halogenated alkanes) is 4. The van der Waals surface area contributed by atoms with Gasteiger partial charge in [0.05, 0.1) is 0 Å². The van der Waals surface area contributed by atoms with Crippen LogP contribution in [0, 0.1) is 3.57 Å². The van der Waals surface area contributed by atoms with E-state index in [9.17, 15) is 4.79 Å². The van der Waals surface area contributed by atoms with Crippen LogP contribution in [0.4, 0.5) is 0 Å². The molecule has 0 aliphatic carbocycles. The van der Waals surface area contributed by atoms with E-state index in [2.05, 4.69) is 108 Å². The molecule has 1 aromatic carbocycles. The molecule has 1 aromatic rings. The van der Waals surface area contributed by atoms with Gasteiger partial charge in [-0.05, 0) is 91.7 Å².